The summed E-state index contributed by atoms with van der Waals surface area (Å²) in [5.41, 5.74) is 6.64. The minimum atomic E-state index is -0.431. The first-order valence-corrected chi connectivity index (χ1v) is 8.98. The molecule has 0 aliphatic rings. The van der Waals surface area contributed by atoms with Gasteiger partial charge in [-0.15, -0.1) is 0 Å². The molecule has 26 heavy (non-hydrogen) atoms. The number of halogens is 1. The zero-order valence-corrected chi connectivity index (χ0v) is 16.3. The molecule has 0 aromatic heterocycles. The van der Waals surface area contributed by atoms with Crippen molar-refractivity contribution in [3.63, 3.8) is 0 Å². The second-order valence-electron chi connectivity index (χ2n) is 5.45. The summed E-state index contributed by atoms with van der Waals surface area (Å²) >= 11 is 3.38. The second-order valence-corrected chi connectivity index (χ2v) is 6.30. The minimum Gasteiger partial charge on any atom is -0.491 e. The van der Waals surface area contributed by atoms with Crippen molar-refractivity contribution in [3.05, 3.63) is 63.6 Å². The lowest BCUT2D eigenvalue weighted by Gasteiger charge is -2.10. The van der Waals surface area contributed by atoms with Gasteiger partial charge in [-0.1, -0.05) is 28.1 Å². The predicted octanol–water partition coefficient (Wildman–Crippen LogP) is 3.25. The van der Waals surface area contributed by atoms with Crippen LogP contribution in [0.3, 0.4) is 0 Å². The van der Waals surface area contributed by atoms with Gasteiger partial charge in [0.2, 0.25) is 0 Å². The molecule has 2 aromatic rings. The highest BCUT2D eigenvalue weighted by atomic mass is 79.9. The van der Waals surface area contributed by atoms with Crippen molar-refractivity contribution in [1.82, 2.24) is 10.9 Å². The molecule has 7 heteroatoms. The Labute approximate surface area is 161 Å². The Morgan fingerprint density at radius 1 is 1.00 bits per heavy atom. The number of amides is 2. The van der Waals surface area contributed by atoms with Gasteiger partial charge >= 0.3 is 0 Å². The molecule has 2 N–H and O–H groups in total. The van der Waals surface area contributed by atoms with Crippen molar-refractivity contribution in [1.29, 1.82) is 0 Å². The third kappa shape index (κ3) is 5.86. The number of benzene rings is 2. The molecule has 0 unspecified atom stereocenters. The zero-order valence-electron chi connectivity index (χ0n) is 14.7. The molecule has 0 heterocycles. The van der Waals surface area contributed by atoms with E-state index in [1.807, 2.05) is 19.9 Å². The van der Waals surface area contributed by atoms with Crippen molar-refractivity contribution in [2.75, 3.05) is 19.8 Å². The number of carbonyl (C=O) groups is 2. The fourth-order valence-electron chi connectivity index (χ4n) is 2.08. The number of aryl methyl sites for hydroxylation is 1. The van der Waals surface area contributed by atoms with Gasteiger partial charge in [-0.25, -0.2) is 0 Å². The maximum atomic E-state index is 12.2. The van der Waals surface area contributed by atoms with E-state index < -0.39 is 11.8 Å². The molecular formula is C19H21BrN2O4. The number of hydrazine groups is 1. The van der Waals surface area contributed by atoms with Gasteiger partial charge in [0.1, 0.15) is 12.4 Å². The van der Waals surface area contributed by atoms with Gasteiger partial charge in [0.25, 0.3) is 11.8 Å². The lowest BCUT2D eigenvalue weighted by atomic mass is 10.1. The van der Waals surface area contributed by atoms with Crippen LogP contribution in [-0.4, -0.2) is 31.6 Å². The van der Waals surface area contributed by atoms with Crippen LogP contribution in [0.1, 0.15) is 33.2 Å². The third-order valence-electron chi connectivity index (χ3n) is 3.52. The molecule has 0 fully saturated rings. The molecule has 0 atom stereocenters. The highest BCUT2D eigenvalue weighted by molar-refractivity contribution is 9.10. The third-order valence-corrected chi connectivity index (χ3v) is 4.37. The van der Waals surface area contributed by atoms with Gasteiger partial charge in [0.05, 0.1) is 6.61 Å². The summed E-state index contributed by atoms with van der Waals surface area (Å²) < 4.78 is 11.5. The average Bonchev–Trinajstić information content (AvgIpc) is 2.65. The summed E-state index contributed by atoms with van der Waals surface area (Å²) in [5.74, 6) is -0.269. The summed E-state index contributed by atoms with van der Waals surface area (Å²) in [6, 6.07) is 11.9. The van der Waals surface area contributed by atoms with Crippen molar-refractivity contribution in [2.24, 2.45) is 0 Å². The molecule has 0 aliphatic carbocycles. The first kappa shape index (κ1) is 19.9. The van der Waals surface area contributed by atoms with Gasteiger partial charge in [0, 0.05) is 22.2 Å². The molecule has 0 aliphatic heterocycles. The quantitative estimate of drug-likeness (QED) is 0.532. The second kappa shape index (κ2) is 9.94. The Kier molecular flexibility index (Phi) is 7.62. The van der Waals surface area contributed by atoms with Crippen LogP contribution in [-0.2, 0) is 4.74 Å². The Balaban J connectivity index is 1.90. The van der Waals surface area contributed by atoms with Crippen molar-refractivity contribution < 1.29 is 19.1 Å². The number of hydrogen-bond acceptors (Lipinski definition) is 4. The van der Waals surface area contributed by atoms with Gasteiger partial charge in [0.15, 0.2) is 0 Å². The topological polar surface area (TPSA) is 76.7 Å². The first-order valence-electron chi connectivity index (χ1n) is 8.18. The number of rotatable bonds is 7. The van der Waals surface area contributed by atoms with Crippen LogP contribution >= 0.6 is 15.9 Å². The largest absolute Gasteiger partial charge is 0.491 e. The predicted molar refractivity (Wildman–Crippen MR) is 102 cm³/mol. The summed E-state index contributed by atoms with van der Waals surface area (Å²) in [6.45, 7) is 5.35. The van der Waals surface area contributed by atoms with Crippen molar-refractivity contribution in [2.45, 2.75) is 13.8 Å². The van der Waals surface area contributed by atoms with Crippen molar-refractivity contribution in [3.8, 4) is 5.75 Å². The molecule has 0 saturated heterocycles. The van der Waals surface area contributed by atoms with E-state index in [-0.39, 0.29) is 0 Å². The van der Waals surface area contributed by atoms with Crippen LogP contribution in [0.25, 0.3) is 0 Å². The van der Waals surface area contributed by atoms with Crippen LogP contribution in [0.5, 0.6) is 5.75 Å². The highest BCUT2D eigenvalue weighted by Gasteiger charge is 2.11. The molecule has 0 spiro atoms. The fourth-order valence-corrected chi connectivity index (χ4v) is 2.46. The van der Waals surface area contributed by atoms with E-state index in [9.17, 15) is 9.59 Å². The van der Waals surface area contributed by atoms with E-state index in [0.29, 0.717) is 36.7 Å². The molecule has 6 nitrogen and oxygen atoms in total. The lowest BCUT2D eigenvalue weighted by molar-refractivity contribution is 0.0846. The molecule has 0 radical (unpaired) electrons. The molecule has 2 aromatic carbocycles. The molecule has 0 saturated carbocycles. The molecule has 138 valence electrons. The van der Waals surface area contributed by atoms with Crippen LogP contribution in [0.4, 0.5) is 0 Å². The molecular weight excluding hydrogens is 400 g/mol. The number of carbonyl (C=O) groups excluding carboxylic acids is 2. The number of hydrogen-bond donors (Lipinski definition) is 2. The van der Waals surface area contributed by atoms with Crippen LogP contribution in [0, 0.1) is 6.92 Å². The van der Waals surface area contributed by atoms with E-state index in [0.717, 1.165) is 10.0 Å². The SMILES string of the molecule is CCOCCOc1cccc(C(=O)NNC(=O)c2ccc(C)c(Br)c2)c1. The average molecular weight is 421 g/mol. The fraction of sp³-hybridized carbons (Fsp3) is 0.263. The normalized spacial score (nSPS) is 10.3. The Morgan fingerprint density at radius 3 is 2.35 bits per heavy atom. The zero-order chi connectivity index (χ0) is 18.9. The van der Waals surface area contributed by atoms with Gasteiger partial charge in [-0.3, -0.25) is 20.4 Å². The maximum absolute atomic E-state index is 12.2. The highest BCUT2D eigenvalue weighted by Crippen LogP contribution is 2.17. The molecule has 0 bridgehead atoms. The maximum Gasteiger partial charge on any atom is 0.269 e. The van der Waals surface area contributed by atoms with E-state index in [4.69, 9.17) is 9.47 Å². The summed E-state index contributed by atoms with van der Waals surface area (Å²) in [7, 11) is 0. The Hall–Kier alpha value is -2.38. The van der Waals surface area contributed by atoms with Gasteiger partial charge in [-0.05, 0) is 49.7 Å². The molecule has 2 amide bonds. The van der Waals surface area contributed by atoms with E-state index >= 15 is 0 Å². The van der Waals surface area contributed by atoms with E-state index in [1.54, 1.807) is 36.4 Å². The number of ether oxygens (including phenoxy) is 2. The van der Waals surface area contributed by atoms with E-state index in [1.165, 1.54) is 0 Å². The Bertz CT molecular complexity index is 780. The van der Waals surface area contributed by atoms with Crippen LogP contribution in [0.2, 0.25) is 0 Å². The smallest absolute Gasteiger partial charge is 0.269 e. The monoisotopic (exact) mass is 420 g/mol. The van der Waals surface area contributed by atoms with Crippen molar-refractivity contribution >= 4 is 27.7 Å². The lowest BCUT2D eigenvalue weighted by Crippen LogP contribution is -2.41. The first-order chi connectivity index (χ1) is 12.5. The Morgan fingerprint density at radius 2 is 1.69 bits per heavy atom. The summed E-state index contributed by atoms with van der Waals surface area (Å²) in [6.07, 6.45) is 0. The van der Waals surface area contributed by atoms with Crippen LogP contribution < -0.4 is 15.6 Å². The van der Waals surface area contributed by atoms with E-state index in [2.05, 4.69) is 26.8 Å². The number of nitrogens with one attached hydrogen (secondary N) is 2. The van der Waals surface area contributed by atoms with Gasteiger partial charge < -0.3 is 9.47 Å². The standard InChI is InChI=1S/C19H21BrN2O4/c1-3-25-9-10-26-16-6-4-5-14(11-16)18(23)21-22-19(24)15-8-7-13(2)17(20)12-15/h4-8,11-12H,3,9-10H2,1-2H3,(H,21,23)(H,22,24). The summed E-state index contributed by atoms with van der Waals surface area (Å²) in [4.78, 5) is 24.3. The van der Waals surface area contributed by atoms with Crippen LogP contribution in [0.15, 0.2) is 46.9 Å². The molecule has 2 rings (SSSR count). The summed E-state index contributed by atoms with van der Waals surface area (Å²) in [5, 5.41) is 0. The minimum absolute atomic E-state index is 0.379. The van der Waals surface area contributed by atoms with Gasteiger partial charge in [-0.2, -0.15) is 0 Å².